The van der Waals surface area contributed by atoms with Crippen LogP contribution in [0.1, 0.15) is 24.8 Å². The number of sulfonamides is 1. The first-order valence-corrected chi connectivity index (χ1v) is 11.8. The number of hydrogen-bond donors (Lipinski definition) is 1. The number of rotatable bonds is 4. The maximum Gasteiger partial charge on any atom is 0.243 e. The Hall–Kier alpha value is -1.87. The van der Waals surface area contributed by atoms with E-state index in [0.717, 1.165) is 41.4 Å². The average molecular weight is 451 g/mol. The molecule has 0 unspecified atom stereocenters. The molecular formula is C20H23ClN4O2S2. The minimum Gasteiger partial charge on any atom is -0.255 e. The fourth-order valence-electron chi connectivity index (χ4n) is 3.22. The van der Waals surface area contributed by atoms with Crippen LogP contribution < -0.4 is 5.43 Å². The molecule has 0 aromatic heterocycles. The Kier molecular flexibility index (Phi) is 7.34. The Bertz CT molecular complexity index is 987. The molecule has 0 bridgehead atoms. The molecule has 1 N–H and O–H groups in total. The molecule has 6 nitrogen and oxygen atoms in total. The Morgan fingerprint density at radius 1 is 0.966 bits per heavy atom. The lowest BCUT2D eigenvalue weighted by Crippen LogP contribution is -2.35. The predicted molar refractivity (Wildman–Crippen MR) is 122 cm³/mol. The number of hydrogen-bond acceptors (Lipinski definition) is 5. The molecule has 2 aromatic carbocycles. The van der Waals surface area contributed by atoms with Gasteiger partial charge in [-0.2, -0.15) is 9.41 Å². The van der Waals surface area contributed by atoms with Crippen molar-refractivity contribution in [2.24, 2.45) is 10.1 Å². The number of thioether (sulfide) groups is 1. The standard InChI is InChI=1S/C20H22N4O2S2.ClH/c25-28(26,24-13-5-2-6-14-24)18-11-9-16(10-12-18)19-15-27-20(23-22-19)21-17-7-3-1-4-8-17;/h1,3-4,7-12H,2,5-6,13-15H2,(H,21,23);1H. The molecule has 1 fully saturated rings. The Morgan fingerprint density at radius 3 is 2.28 bits per heavy atom. The molecule has 0 atom stereocenters. The fraction of sp³-hybridized carbons (Fsp3) is 0.300. The predicted octanol–water partition coefficient (Wildman–Crippen LogP) is 4.01. The first-order valence-electron chi connectivity index (χ1n) is 9.33. The van der Waals surface area contributed by atoms with Gasteiger partial charge in [0.2, 0.25) is 10.0 Å². The maximum atomic E-state index is 12.8. The van der Waals surface area contributed by atoms with Crippen molar-refractivity contribution in [3.8, 4) is 0 Å². The number of halogens is 1. The topological polar surface area (TPSA) is 74.1 Å². The summed E-state index contributed by atoms with van der Waals surface area (Å²) in [6.45, 7) is 1.22. The lowest BCUT2D eigenvalue weighted by Gasteiger charge is -2.26. The van der Waals surface area contributed by atoms with E-state index in [1.165, 1.54) is 0 Å². The first kappa shape index (κ1) is 21.8. The number of hydrazone groups is 1. The summed E-state index contributed by atoms with van der Waals surface area (Å²) in [7, 11) is -3.40. The van der Waals surface area contributed by atoms with E-state index in [4.69, 9.17) is 0 Å². The van der Waals surface area contributed by atoms with Gasteiger partial charge >= 0.3 is 0 Å². The van der Waals surface area contributed by atoms with Crippen LogP contribution >= 0.6 is 24.2 Å². The lowest BCUT2D eigenvalue weighted by atomic mass is 10.1. The number of para-hydroxylation sites is 1. The average Bonchev–Trinajstić information content (AvgIpc) is 2.76. The smallest absolute Gasteiger partial charge is 0.243 e. The minimum absolute atomic E-state index is 0. The number of aliphatic imine (C=N–C) groups is 1. The second kappa shape index (κ2) is 9.75. The molecule has 0 radical (unpaired) electrons. The Morgan fingerprint density at radius 2 is 1.66 bits per heavy atom. The molecule has 154 valence electrons. The van der Waals surface area contributed by atoms with Crippen LogP contribution in [0, 0.1) is 0 Å². The van der Waals surface area contributed by atoms with Crippen LogP contribution in [0.4, 0.5) is 5.69 Å². The number of amidine groups is 1. The van der Waals surface area contributed by atoms with Crippen LogP contribution in [-0.2, 0) is 10.0 Å². The van der Waals surface area contributed by atoms with Crippen molar-refractivity contribution in [3.63, 3.8) is 0 Å². The van der Waals surface area contributed by atoms with E-state index in [1.54, 1.807) is 28.2 Å². The summed E-state index contributed by atoms with van der Waals surface area (Å²) >= 11 is 1.58. The molecular weight excluding hydrogens is 428 g/mol. The second-order valence-electron chi connectivity index (χ2n) is 6.70. The van der Waals surface area contributed by atoms with Crippen molar-refractivity contribution in [3.05, 3.63) is 60.2 Å². The van der Waals surface area contributed by atoms with Gasteiger partial charge in [0.05, 0.1) is 16.3 Å². The van der Waals surface area contributed by atoms with Gasteiger partial charge in [-0.3, -0.25) is 5.43 Å². The maximum absolute atomic E-state index is 12.8. The summed E-state index contributed by atoms with van der Waals surface area (Å²) in [6, 6.07) is 16.7. The molecule has 0 spiro atoms. The van der Waals surface area contributed by atoms with E-state index < -0.39 is 10.0 Å². The largest absolute Gasteiger partial charge is 0.255 e. The van der Waals surface area contributed by atoms with Gasteiger partial charge in [0, 0.05) is 18.8 Å². The van der Waals surface area contributed by atoms with Gasteiger partial charge in [-0.15, -0.1) is 12.4 Å². The lowest BCUT2D eigenvalue weighted by molar-refractivity contribution is 0.346. The third-order valence-corrected chi connectivity index (χ3v) is 7.55. The van der Waals surface area contributed by atoms with Crippen LogP contribution in [0.15, 0.2) is 69.6 Å². The zero-order valence-corrected chi connectivity index (χ0v) is 18.3. The van der Waals surface area contributed by atoms with E-state index in [9.17, 15) is 8.42 Å². The van der Waals surface area contributed by atoms with E-state index in [-0.39, 0.29) is 12.4 Å². The first-order chi connectivity index (χ1) is 13.6. The van der Waals surface area contributed by atoms with E-state index in [1.807, 2.05) is 42.5 Å². The SMILES string of the molecule is Cl.O=S(=O)(c1ccc(C2=NNC(=Nc3ccccc3)SC2)cc1)N1CCCCC1. The van der Waals surface area contributed by atoms with E-state index in [2.05, 4.69) is 15.5 Å². The van der Waals surface area contributed by atoms with Gasteiger partial charge in [0.25, 0.3) is 0 Å². The summed E-state index contributed by atoms with van der Waals surface area (Å²) in [6.07, 6.45) is 2.97. The van der Waals surface area contributed by atoms with Gasteiger partial charge < -0.3 is 0 Å². The van der Waals surface area contributed by atoms with Crippen LogP contribution in [0.2, 0.25) is 0 Å². The minimum atomic E-state index is -3.40. The van der Waals surface area contributed by atoms with Gasteiger partial charge in [-0.1, -0.05) is 48.5 Å². The molecule has 2 aliphatic heterocycles. The highest BCUT2D eigenvalue weighted by Gasteiger charge is 2.26. The normalized spacial score (nSPS) is 19.2. The third-order valence-electron chi connectivity index (χ3n) is 4.76. The molecule has 1 saturated heterocycles. The molecule has 2 aromatic rings. The molecule has 4 rings (SSSR count). The molecule has 2 aliphatic rings. The van der Waals surface area contributed by atoms with Crippen molar-refractivity contribution in [1.29, 1.82) is 0 Å². The number of benzene rings is 2. The number of piperidine rings is 1. The Balaban J connectivity index is 0.00000240. The molecule has 9 heteroatoms. The molecule has 0 amide bonds. The van der Waals surface area contributed by atoms with Crippen LogP contribution in [-0.4, -0.2) is 42.4 Å². The monoisotopic (exact) mass is 450 g/mol. The summed E-state index contributed by atoms with van der Waals surface area (Å²) < 4.78 is 27.1. The van der Waals surface area contributed by atoms with Gasteiger partial charge in [0.1, 0.15) is 0 Å². The molecule has 0 aliphatic carbocycles. The van der Waals surface area contributed by atoms with E-state index >= 15 is 0 Å². The second-order valence-corrected chi connectivity index (χ2v) is 9.60. The summed E-state index contributed by atoms with van der Waals surface area (Å²) in [5.41, 5.74) is 5.65. The van der Waals surface area contributed by atoms with Crippen molar-refractivity contribution < 1.29 is 8.42 Å². The third kappa shape index (κ3) is 5.19. The zero-order valence-electron chi connectivity index (χ0n) is 15.8. The van der Waals surface area contributed by atoms with Crippen LogP contribution in [0.5, 0.6) is 0 Å². The van der Waals surface area contributed by atoms with Crippen LogP contribution in [0.25, 0.3) is 0 Å². The quantitative estimate of drug-likeness (QED) is 0.763. The highest BCUT2D eigenvalue weighted by molar-refractivity contribution is 8.14. The zero-order chi connectivity index (χ0) is 19.4. The van der Waals surface area contributed by atoms with Crippen molar-refractivity contribution in [2.75, 3.05) is 18.8 Å². The fourth-order valence-corrected chi connectivity index (χ4v) is 5.52. The van der Waals surface area contributed by atoms with Gasteiger partial charge in [-0.05, 0) is 42.7 Å². The molecule has 29 heavy (non-hydrogen) atoms. The van der Waals surface area contributed by atoms with Crippen LogP contribution in [0.3, 0.4) is 0 Å². The summed E-state index contributed by atoms with van der Waals surface area (Å²) in [5.74, 6) is 0.677. The van der Waals surface area contributed by atoms with Crippen molar-refractivity contribution in [1.82, 2.24) is 9.73 Å². The van der Waals surface area contributed by atoms with Crippen molar-refractivity contribution in [2.45, 2.75) is 24.2 Å². The number of nitrogens with zero attached hydrogens (tertiary/aromatic N) is 3. The Labute approximate surface area is 182 Å². The van der Waals surface area contributed by atoms with Gasteiger partial charge in [-0.25, -0.2) is 13.4 Å². The molecule has 2 heterocycles. The van der Waals surface area contributed by atoms with Gasteiger partial charge in [0.15, 0.2) is 5.17 Å². The molecule has 0 saturated carbocycles. The summed E-state index contributed by atoms with van der Waals surface area (Å²) in [4.78, 5) is 4.87. The summed E-state index contributed by atoms with van der Waals surface area (Å²) in [5, 5.41) is 5.16. The highest BCUT2D eigenvalue weighted by Crippen LogP contribution is 2.22. The number of nitrogens with one attached hydrogen (secondary N) is 1. The van der Waals surface area contributed by atoms with Crippen molar-refractivity contribution >= 4 is 50.8 Å². The van der Waals surface area contributed by atoms with E-state index in [0.29, 0.717) is 23.7 Å². The highest BCUT2D eigenvalue weighted by atomic mass is 35.5.